The summed E-state index contributed by atoms with van der Waals surface area (Å²) in [5, 5.41) is 12.8. The highest BCUT2D eigenvalue weighted by Gasteiger charge is 1.98. The van der Waals surface area contributed by atoms with Crippen LogP contribution in [0.5, 0.6) is 0 Å². The third-order valence-corrected chi connectivity index (χ3v) is 2.19. The second-order valence-electron chi connectivity index (χ2n) is 3.13. The lowest BCUT2D eigenvalue weighted by Gasteiger charge is -2.07. The van der Waals surface area contributed by atoms with Crippen molar-refractivity contribution in [3.8, 4) is 0 Å². The smallest absolute Gasteiger partial charge is 0.224 e. The van der Waals surface area contributed by atoms with Crippen molar-refractivity contribution in [1.82, 2.24) is 20.5 Å². The van der Waals surface area contributed by atoms with E-state index < -0.39 is 0 Å². The number of nitrogens with one attached hydrogen (secondary N) is 3. The van der Waals surface area contributed by atoms with Gasteiger partial charge in [-0.15, -0.1) is 0 Å². The first-order valence-electron chi connectivity index (χ1n) is 4.79. The van der Waals surface area contributed by atoms with Crippen LogP contribution in [0.4, 0.5) is 5.95 Å². The minimum atomic E-state index is 0.514. The van der Waals surface area contributed by atoms with Crippen LogP contribution >= 0.6 is 12.2 Å². The van der Waals surface area contributed by atoms with Gasteiger partial charge in [0.2, 0.25) is 5.95 Å². The molecular weight excluding hydrogens is 222 g/mol. The first kappa shape index (κ1) is 10.6. The van der Waals surface area contributed by atoms with Crippen LogP contribution in [0.25, 0.3) is 0 Å². The van der Waals surface area contributed by atoms with Crippen molar-refractivity contribution in [3.63, 3.8) is 0 Å². The summed E-state index contributed by atoms with van der Waals surface area (Å²) in [6.07, 6.45) is 1.42. The summed E-state index contributed by atoms with van der Waals surface area (Å²) in [5.41, 5.74) is 1.17. The minimum absolute atomic E-state index is 0.514. The fraction of sp³-hybridized carbons (Fsp3) is 0.100. The number of nitrogens with zero attached hydrogens (tertiary/aromatic N) is 2. The molecule has 0 radical (unpaired) electrons. The zero-order chi connectivity index (χ0) is 11.2. The summed E-state index contributed by atoms with van der Waals surface area (Å²) in [6, 6.07) is 10.0. The standard InChI is InChI=1S/C10H11N5S/c16-10(14-9-12-7-13-15-9)11-6-8-4-2-1-3-5-8/h1-5,7H,6H2,(H3,11,12,13,14,15,16). The van der Waals surface area contributed by atoms with Crippen molar-refractivity contribution in [1.29, 1.82) is 0 Å². The molecule has 2 aromatic rings. The molecule has 0 amide bonds. The Morgan fingerprint density at radius 2 is 2.12 bits per heavy atom. The number of hydrogen-bond donors (Lipinski definition) is 3. The van der Waals surface area contributed by atoms with Gasteiger partial charge in [-0.25, -0.2) is 5.10 Å². The molecule has 0 unspecified atom stereocenters. The molecule has 0 fully saturated rings. The molecule has 1 aromatic carbocycles. The lowest BCUT2D eigenvalue weighted by atomic mass is 10.2. The molecule has 1 heterocycles. The SMILES string of the molecule is S=C(NCc1ccccc1)Nc1ncn[nH]1. The Morgan fingerprint density at radius 3 is 2.81 bits per heavy atom. The maximum absolute atomic E-state index is 5.09. The van der Waals surface area contributed by atoms with E-state index in [2.05, 4.69) is 25.8 Å². The molecule has 0 bridgehead atoms. The van der Waals surface area contributed by atoms with Crippen molar-refractivity contribution in [2.24, 2.45) is 0 Å². The highest BCUT2D eigenvalue weighted by molar-refractivity contribution is 7.80. The molecule has 0 aliphatic heterocycles. The van der Waals surface area contributed by atoms with Crippen LogP contribution in [0.1, 0.15) is 5.56 Å². The minimum Gasteiger partial charge on any atom is -0.358 e. The predicted molar refractivity (Wildman–Crippen MR) is 65.9 cm³/mol. The highest BCUT2D eigenvalue weighted by atomic mass is 32.1. The Kier molecular flexibility index (Phi) is 3.45. The third-order valence-electron chi connectivity index (χ3n) is 1.94. The number of hydrogen-bond acceptors (Lipinski definition) is 3. The molecule has 0 saturated heterocycles. The molecule has 2 rings (SSSR count). The fourth-order valence-corrected chi connectivity index (χ4v) is 1.36. The van der Waals surface area contributed by atoms with Crippen molar-refractivity contribution in [3.05, 3.63) is 42.2 Å². The summed E-state index contributed by atoms with van der Waals surface area (Å²) < 4.78 is 0. The Bertz CT molecular complexity index is 439. The van der Waals surface area contributed by atoms with Crippen LogP contribution in [0.3, 0.4) is 0 Å². The Balaban J connectivity index is 1.80. The zero-order valence-corrected chi connectivity index (χ0v) is 9.29. The number of anilines is 1. The van der Waals surface area contributed by atoms with Gasteiger partial charge in [0.15, 0.2) is 5.11 Å². The van der Waals surface area contributed by atoms with Crippen LogP contribution in [0.15, 0.2) is 36.7 Å². The van der Waals surface area contributed by atoms with Crippen molar-refractivity contribution in [2.75, 3.05) is 5.32 Å². The number of rotatable bonds is 3. The number of H-pyrrole nitrogens is 1. The molecule has 5 nitrogen and oxygen atoms in total. The van der Waals surface area contributed by atoms with E-state index in [1.54, 1.807) is 0 Å². The monoisotopic (exact) mass is 233 g/mol. The summed E-state index contributed by atoms with van der Waals surface area (Å²) >= 11 is 5.09. The topological polar surface area (TPSA) is 65.6 Å². The van der Waals surface area contributed by atoms with Gasteiger partial charge >= 0.3 is 0 Å². The maximum Gasteiger partial charge on any atom is 0.224 e. The maximum atomic E-state index is 5.09. The molecule has 6 heteroatoms. The van der Waals surface area contributed by atoms with E-state index in [1.807, 2.05) is 30.3 Å². The van der Waals surface area contributed by atoms with Crippen LogP contribution < -0.4 is 10.6 Å². The van der Waals surface area contributed by atoms with E-state index in [1.165, 1.54) is 11.9 Å². The lowest BCUT2D eigenvalue weighted by molar-refractivity contribution is 0.923. The van der Waals surface area contributed by atoms with Gasteiger partial charge in [0.1, 0.15) is 6.33 Å². The Labute approximate surface area is 98.3 Å². The number of thiocarbonyl (C=S) groups is 1. The van der Waals surface area contributed by atoms with E-state index in [0.29, 0.717) is 17.6 Å². The number of aromatic amines is 1. The zero-order valence-electron chi connectivity index (χ0n) is 8.47. The molecular formula is C10H11N5S. The summed E-state index contributed by atoms with van der Waals surface area (Å²) in [5.74, 6) is 0.533. The van der Waals surface area contributed by atoms with E-state index >= 15 is 0 Å². The molecule has 3 N–H and O–H groups in total. The number of aromatic nitrogens is 3. The van der Waals surface area contributed by atoms with Gasteiger partial charge in [0.25, 0.3) is 0 Å². The fourth-order valence-electron chi connectivity index (χ4n) is 1.20. The molecule has 82 valence electrons. The van der Waals surface area contributed by atoms with Gasteiger partial charge in [-0.3, -0.25) is 0 Å². The largest absolute Gasteiger partial charge is 0.358 e. The normalized spacial score (nSPS) is 9.75. The van der Waals surface area contributed by atoms with Crippen LogP contribution in [0, 0.1) is 0 Å². The number of benzene rings is 1. The summed E-state index contributed by atoms with van der Waals surface area (Å²) in [4.78, 5) is 3.91. The van der Waals surface area contributed by atoms with E-state index in [9.17, 15) is 0 Å². The molecule has 16 heavy (non-hydrogen) atoms. The summed E-state index contributed by atoms with van der Waals surface area (Å²) in [7, 11) is 0. The predicted octanol–water partition coefficient (Wildman–Crippen LogP) is 1.29. The third kappa shape index (κ3) is 3.03. The van der Waals surface area contributed by atoms with Gasteiger partial charge in [-0.2, -0.15) is 10.1 Å². The average molecular weight is 233 g/mol. The molecule has 1 aromatic heterocycles. The van der Waals surface area contributed by atoms with Crippen LogP contribution in [-0.2, 0) is 6.54 Å². The average Bonchev–Trinajstić information content (AvgIpc) is 2.81. The van der Waals surface area contributed by atoms with E-state index in [4.69, 9.17) is 12.2 Å². The van der Waals surface area contributed by atoms with Crippen molar-refractivity contribution < 1.29 is 0 Å². The highest BCUT2D eigenvalue weighted by Crippen LogP contribution is 1.98. The molecule has 0 saturated carbocycles. The quantitative estimate of drug-likeness (QED) is 0.697. The molecule has 0 aliphatic carbocycles. The van der Waals surface area contributed by atoms with Crippen LogP contribution in [0.2, 0.25) is 0 Å². The van der Waals surface area contributed by atoms with E-state index in [0.717, 1.165) is 0 Å². The first-order chi connectivity index (χ1) is 7.84. The second-order valence-corrected chi connectivity index (χ2v) is 3.54. The Morgan fingerprint density at radius 1 is 1.31 bits per heavy atom. The summed E-state index contributed by atoms with van der Waals surface area (Å²) in [6.45, 7) is 0.681. The van der Waals surface area contributed by atoms with Gasteiger partial charge < -0.3 is 10.6 Å². The lowest BCUT2D eigenvalue weighted by Crippen LogP contribution is -2.28. The van der Waals surface area contributed by atoms with Crippen LogP contribution in [-0.4, -0.2) is 20.3 Å². The van der Waals surface area contributed by atoms with Gasteiger partial charge in [0.05, 0.1) is 0 Å². The van der Waals surface area contributed by atoms with Gasteiger partial charge in [-0.05, 0) is 17.8 Å². The first-order valence-corrected chi connectivity index (χ1v) is 5.19. The molecule has 0 aliphatic rings. The van der Waals surface area contributed by atoms with Gasteiger partial charge in [0, 0.05) is 6.54 Å². The second kappa shape index (κ2) is 5.22. The van der Waals surface area contributed by atoms with Gasteiger partial charge in [-0.1, -0.05) is 30.3 Å². The van der Waals surface area contributed by atoms with Crippen molar-refractivity contribution in [2.45, 2.75) is 6.54 Å². The Hall–Kier alpha value is -1.95. The molecule has 0 atom stereocenters. The molecule has 0 spiro atoms. The van der Waals surface area contributed by atoms with Crippen molar-refractivity contribution >= 4 is 23.3 Å². The van der Waals surface area contributed by atoms with E-state index in [-0.39, 0.29) is 0 Å².